The number of nitrogens with one attached hydrogen (secondary N) is 1. The SMILES string of the molecule is CC(=O)NC1CCN(c2nc(C(=O)O)ccc2N)C1. The summed E-state index contributed by atoms with van der Waals surface area (Å²) in [6, 6.07) is 2.97. The molecule has 1 fully saturated rings. The third-order valence-electron chi connectivity index (χ3n) is 3.02. The van der Waals surface area contributed by atoms with Crippen molar-refractivity contribution < 1.29 is 14.7 Å². The van der Waals surface area contributed by atoms with E-state index in [0.29, 0.717) is 24.6 Å². The number of rotatable bonds is 3. The van der Waals surface area contributed by atoms with E-state index in [1.165, 1.54) is 19.1 Å². The third kappa shape index (κ3) is 2.93. The Morgan fingerprint density at radius 2 is 2.26 bits per heavy atom. The van der Waals surface area contributed by atoms with Gasteiger partial charge < -0.3 is 21.1 Å². The molecule has 2 heterocycles. The first-order valence-electron chi connectivity index (χ1n) is 5.99. The summed E-state index contributed by atoms with van der Waals surface area (Å²) in [5, 5.41) is 11.8. The lowest BCUT2D eigenvalue weighted by atomic mass is 10.2. The van der Waals surface area contributed by atoms with Gasteiger partial charge >= 0.3 is 5.97 Å². The van der Waals surface area contributed by atoms with Crippen LogP contribution in [0.25, 0.3) is 0 Å². The molecule has 1 atom stereocenters. The van der Waals surface area contributed by atoms with Gasteiger partial charge in [0.1, 0.15) is 0 Å². The first kappa shape index (κ1) is 13.1. The van der Waals surface area contributed by atoms with Crippen LogP contribution >= 0.6 is 0 Å². The van der Waals surface area contributed by atoms with E-state index in [1.54, 1.807) is 0 Å². The smallest absolute Gasteiger partial charge is 0.354 e. The second kappa shape index (κ2) is 5.13. The number of nitrogens with zero attached hydrogens (tertiary/aromatic N) is 2. The lowest BCUT2D eigenvalue weighted by molar-refractivity contribution is -0.119. The predicted octanol–water partition coefficient (Wildman–Crippen LogP) is 0.0768. The van der Waals surface area contributed by atoms with E-state index in [9.17, 15) is 9.59 Å². The van der Waals surface area contributed by atoms with Crippen LogP contribution in [-0.4, -0.2) is 41.1 Å². The summed E-state index contributed by atoms with van der Waals surface area (Å²) in [6.07, 6.45) is 0.790. The summed E-state index contributed by atoms with van der Waals surface area (Å²) in [5.74, 6) is -0.696. The van der Waals surface area contributed by atoms with E-state index >= 15 is 0 Å². The van der Waals surface area contributed by atoms with Crippen molar-refractivity contribution in [3.8, 4) is 0 Å². The largest absolute Gasteiger partial charge is 0.477 e. The Kier molecular flexibility index (Phi) is 3.55. The number of carbonyl (C=O) groups excluding carboxylic acids is 1. The number of hydrogen-bond donors (Lipinski definition) is 3. The molecule has 1 aromatic heterocycles. The number of nitrogens with two attached hydrogens (primary N) is 1. The van der Waals surface area contributed by atoms with Crippen LogP contribution in [0.15, 0.2) is 12.1 Å². The summed E-state index contributed by atoms with van der Waals surface area (Å²) >= 11 is 0. The second-order valence-corrected chi connectivity index (χ2v) is 4.55. The van der Waals surface area contributed by atoms with Crippen molar-refractivity contribution in [1.29, 1.82) is 0 Å². The Morgan fingerprint density at radius 3 is 2.89 bits per heavy atom. The highest BCUT2D eigenvalue weighted by molar-refractivity contribution is 5.87. The molecule has 0 bridgehead atoms. The molecule has 1 aromatic rings. The highest BCUT2D eigenvalue weighted by Gasteiger charge is 2.25. The van der Waals surface area contributed by atoms with Crippen LogP contribution in [0.3, 0.4) is 0 Å². The van der Waals surface area contributed by atoms with E-state index in [2.05, 4.69) is 10.3 Å². The zero-order chi connectivity index (χ0) is 14.0. The Morgan fingerprint density at radius 1 is 1.53 bits per heavy atom. The predicted molar refractivity (Wildman–Crippen MR) is 70.0 cm³/mol. The molecule has 7 heteroatoms. The maximum absolute atomic E-state index is 11.0. The average Bonchev–Trinajstić information content (AvgIpc) is 2.76. The number of carbonyl (C=O) groups is 2. The molecule has 0 radical (unpaired) electrons. The van der Waals surface area contributed by atoms with Gasteiger partial charge in [0, 0.05) is 26.1 Å². The van der Waals surface area contributed by atoms with Gasteiger partial charge in [-0.05, 0) is 18.6 Å². The Labute approximate surface area is 110 Å². The van der Waals surface area contributed by atoms with Gasteiger partial charge in [-0.3, -0.25) is 4.79 Å². The quantitative estimate of drug-likeness (QED) is 0.713. The molecule has 1 aliphatic heterocycles. The lowest BCUT2D eigenvalue weighted by Gasteiger charge is -2.19. The van der Waals surface area contributed by atoms with E-state index in [0.717, 1.165) is 6.42 Å². The first-order chi connectivity index (χ1) is 8.97. The Bertz CT molecular complexity index is 518. The van der Waals surface area contributed by atoms with E-state index in [-0.39, 0.29) is 17.6 Å². The minimum Gasteiger partial charge on any atom is -0.477 e. The fraction of sp³-hybridized carbons (Fsp3) is 0.417. The molecule has 1 aliphatic rings. The molecule has 7 nitrogen and oxygen atoms in total. The molecule has 102 valence electrons. The van der Waals surface area contributed by atoms with E-state index in [4.69, 9.17) is 10.8 Å². The summed E-state index contributed by atoms with van der Waals surface area (Å²) in [5.41, 5.74) is 6.24. The van der Waals surface area contributed by atoms with Crippen LogP contribution < -0.4 is 16.0 Å². The van der Waals surface area contributed by atoms with Crippen molar-refractivity contribution in [3.05, 3.63) is 17.8 Å². The van der Waals surface area contributed by atoms with Crippen LogP contribution in [0.5, 0.6) is 0 Å². The van der Waals surface area contributed by atoms with E-state index < -0.39 is 5.97 Å². The molecular formula is C12H16N4O3. The number of aromatic carboxylic acids is 1. The average molecular weight is 264 g/mol. The zero-order valence-corrected chi connectivity index (χ0v) is 10.6. The minimum atomic E-state index is -1.08. The first-order valence-corrected chi connectivity index (χ1v) is 5.99. The molecule has 0 spiro atoms. The topological polar surface area (TPSA) is 109 Å². The summed E-state index contributed by atoms with van der Waals surface area (Å²) in [6.45, 7) is 2.74. The molecule has 0 aliphatic carbocycles. The maximum atomic E-state index is 11.0. The van der Waals surface area contributed by atoms with Crippen molar-refractivity contribution in [2.75, 3.05) is 23.7 Å². The summed E-state index contributed by atoms with van der Waals surface area (Å²) in [7, 11) is 0. The third-order valence-corrected chi connectivity index (χ3v) is 3.02. The van der Waals surface area contributed by atoms with Crippen molar-refractivity contribution in [2.45, 2.75) is 19.4 Å². The second-order valence-electron chi connectivity index (χ2n) is 4.55. The standard InChI is InChI=1S/C12H16N4O3/c1-7(17)14-8-4-5-16(6-8)11-9(13)2-3-10(15-11)12(18)19/h2-3,8H,4-6,13H2,1H3,(H,14,17)(H,18,19). The van der Waals surface area contributed by atoms with Crippen LogP contribution in [0, 0.1) is 0 Å². The molecule has 1 saturated heterocycles. The monoisotopic (exact) mass is 264 g/mol. The van der Waals surface area contributed by atoms with Crippen LogP contribution in [-0.2, 0) is 4.79 Å². The fourth-order valence-electron chi connectivity index (χ4n) is 2.19. The molecule has 0 saturated carbocycles. The highest BCUT2D eigenvalue weighted by atomic mass is 16.4. The van der Waals surface area contributed by atoms with Crippen molar-refractivity contribution >= 4 is 23.4 Å². The van der Waals surface area contributed by atoms with Gasteiger partial charge in [0.15, 0.2) is 11.5 Å². The molecular weight excluding hydrogens is 248 g/mol. The van der Waals surface area contributed by atoms with Crippen LogP contribution in [0.1, 0.15) is 23.8 Å². The van der Waals surface area contributed by atoms with Gasteiger partial charge in [-0.15, -0.1) is 0 Å². The maximum Gasteiger partial charge on any atom is 0.354 e. The van der Waals surface area contributed by atoms with Gasteiger partial charge in [0.25, 0.3) is 0 Å². The zero-order valence-electron chi connectivity index (χ0n) is 10.6. The molecule has 1 unspecified atom stereocenters. The van der Waals surface area contributed by atoms with E-state index in [1.807, 2.05) is 4.90 Å². The Balaban J connectivity index is 2.16. The van der Waals surface area contributed by atoms with Gasteiger partial charge in [-0.25, -0.2) is 9.78 Å². The number of hydrogen-bond acceptors (Lipinski definition) is 5. The lowest BCUT2D eigenvalue weighted by Crippen LogP contribution is -2.35. The number of pyridine rings is 1. The number of carboxylic acid groups (broad SMARTS) is 1. The molecule has 19 heavy (non-hydrogen) atoms. The number of anilines is 2. The molecule has 4 N–H and O–H groups in total. The van der Waals surface area contributed by atoms with Gasteiger partial charge in [0.05, 0.1) is 5.69 Å². The normalized spacial score (nSPS) is 18.4. The molecule has 2 rings (SSSR count). The Hall–Kier alpha value is -2.31. The van der Waals surface area contributed by atoms with Crippen LogP contribution in [0.2, 0.25) is 0 Å². The minimum absolute atomic E-state index is 0.0350. The van der Waals surface area contributed by atoms with Crippen molar-refractivity contribution in [2.24, 2.45) is 0 Å². The van der Waals surface area contributed by atoms with Crippen LogP contribution in [0.4, 0.5) is 11.5 Å². The summed E-state index contributed by atoms with van der Waals surface area (Å²) < 4.78 is 0. The number of carboxylic acids is 1. The number of aromatic nitrogens is 1. The summed E-state index contributed by atoms with van der Waals surface area (Å²) in [4.78, 5) is 27.9. The van der Waals surface area contributed by atoms with Gasteiger partial charge in [-0.1, -0.05) is 0 Å². The van der Waals surface area contributed by atoms with Gasteiger partial charge in [-0.2, -0.15) is 0 Å². The number of nitrogen functional groups attached to an aromatic ring is 1. The fourth-order valence-corrected chi connectivity index (χ4v) is 2.19. The number of amides is 1. The highest BCUT2D eigenvalue weighted by Crippen LogP contribution is 2.24. The van der Waals surface area contributed by atoms with Gasteiger partial charge in [0.2, 0.25) is 5.91 Å². The molecule has 0 aromatic carbocycles. The molecule has 1 amide bonds. The van der Waals surface area contributed by atoms with Crippen molar-refractivity contribution in [1.82, 2.24) is 10.3 Å². The van der Waals surface area contributed by atoms with Crippen molar-refractivity contribution in [3.63, 3.8) is 0 Å².